The summed E-state index contributed by atoms with van der Waals surface area (Å²) in [6.07, 6.45) is 3.73. The monoisotopic (exact) mass is 367 g/mol. The van der Waals surface area contributed by atoms with Crippen molar-refractivity contribution in [3.05, 3.63) is 41.9 Å². The van der Waals surface area contributed by atoms with Gasteiger partial charge in [0.25, 0.3) is 0 Å². The van der Waals surface area contributed by atoms with Crippen LogP contribution in [0.3, 0.4) is 0 Å². The fourth-order valence-electron chi connectivity index (χ4n) is 2.85. The maximum Gasteiger partial charge on any atom is 0.134 e. The lowest BCUT2D eigenvalue weighted by atomic mass is 10.00. The van der Waals surface area contributed by atoms with Crippen LogP contribution in [0.25, 0.3) is 22.0 Å². The predicted molar refractivity (Wildman–Crippen MR) is 113 cm³/mol. The molecule has 6 nitrogen and oxygen atoms in total. The summed E-state index contributed by atoms with van der Waals surface area (Å²) in [5.74, 6) is 1.57. The Hall–Kier alpha value is -2.73. The molecule has 0 aromatic carbocycles. The molecule has 3 rings (SSSR count). The largest absolute Gasteiger partial charge is 0.387 e. The van der Waals surface area contributed by atoms with E-state index in [9.17, 15) is 5.11 Å². The summed E-state index contributed by atoms with van der Waals surface area (Å²) < 4.78 is 0. The second-order valence-corrected chi connectivity index (χ2v) is 5.99. The first-order chi connectivity index (χ1) is 13.1. The summed E-state index contributed by atoms with van der Waals surface area (Å²) in [4.78, 5) is 13.5. The Labute approximate surface area is 161 Å². The smallest absolute Gasteiger partial charge is 0.134 e. The summed E-state index contributed by atoms with van der Waals surface area (Å²) in [6, 6.07) is 5.93. The Morgan fingerprint density at radius 1 is 1.00 bits per heavy atom. The van der Waals surface area contributed by atoms with E-state index in [4.69, 9.17) is 4.98 Å². The minimum atomic E-state index is -0.532. The first-order valence-corrected chi connectivity index (χ1v) is 9.38. The highest BCUT2D eigenvalue weighted by Gasteiger charge is 2.14. The molecule has 27 heavy (non-hydrogen) atoms. The number of hydrogen-bond donors (Lipinski definition) is 3. The number of aryl methyl sites for hydroxylation is 1. The zero-order chi connectivity index (χ0) is 20.0. The molecule has 3 N–H and O–H groups in total. The van der Waals surface area contributed by atoms with Crippen LogP contribution in [0.15, 0.2) is 30.6 Å². The molecule has 0 bridgehead atoms. The van der Waals surface area contributed by atoms with Crippen molar-refractivity contribution in [2.45, 2.75) is 40.2 Å². The second-order valence-electron chi connectivity index (χ2n) is 5.99. The van der Waals surface area contributed by atoms with Crippen molar-refractivity contribution < 1.29 is 5.11 Å². The Balaban J connectivity index is 0.00000126. The van der Waals surface area contributed by atoms with Crippen molar-refractivity contribution in [3.8, 4) is 11.1 Å². The lowest BCUT2D eigenvalue weighted by Gasteiger charge is -2.15. The highest BCUT2D eigenvalue weighted by atomic mass is 16.3. The van der Waals surface area contributed by atoms with Crippen LogP contribution in [0.2, 0.25) is 0 Å². The number of nitrogens with zero attached hydrogens (tertiary/aromatic N) is 3. The van der Waals surface area contributed by atoms with Crippen LogP contribution >= 0.6 is 0 Å². The van der Waals surface area contributed by atoms with Crippen molar-refractivity contribution in [3.63, 3.8) is 0 Å². The molecule has 0 aliphatic heterocycles. The van der Waals surface area contributed by atoms with E-state index < -0.39 is 6.10 Å². The van der Waals surface area contributed by atoms with Crippen LogP contribution in [0.5, 0.6) is 0 Å². The summed E-state index contributed by atoms with van der Waals surface area (Å²) in [5.41, 5.74) is 4.58. The number of anilines is 2. The molecule has 3 aromatic rings. The normalized spacial score (nSPS) is 11.5. The van der Waals surface area contributed by atoms with Gasteiger partial charge in [0.05, 0.1) is 17.3 Å². The maximum absolute atomic E-state index is 10.0. The van der Waals surface area contributed by atoms with Gasteiger partial charge in [-0.2, -0.15) is 0 Å². The summed E-state index contributed by atoms with van der Waals surface area (Å²) in [5, 5.41) is 17.2. The minimum absolute atomic E-state index is 0.532. The van der Waals surface area contributed by atoms with Crippen LogP contribution in [-0.4, -0.2) is 34.2 Å². The summed E-state index contributed by atoms with van der Waals surface area (Å²) >= 11 is 0. The third kappa shape index (κ3) is 4.34. The van der Waals surface area contributed by atoms with Gasteiger partial charge in [0.2, 0.25) is 0 Å². The molecule has 0 amide bonds. The number of aromatic nitrogens is 3. The second kappa shape index (κ2) is 9.28. The van der Waals surface area contributed by atoms with E-state index >= 15 is 0 Å². The molecule has 0 aliphatic rings. The van der Waals surface area contributed by atoms with E-state index in [1.165, 1.54) is 0 Å². The van der Waals surface area contributed by atoms with Crippen LogP contribution in [-0.2, 0) is 0 Å². The molecular formula is C21H29N5O. The third-order valence-electron chi connectivity index (χ3n) is 4.34. The van der Waals surface area contributed by atoms with Gasteiger partial charge < -0.3 is 15.7 Å². The number of pyridine rings is 3. The number of aliphatic hydroxyl groups is 1. The van der Waals surface area contributed by atoms with Crippen LogP contribution in [0, 0.1) is 6.92 Å². The molecule has 1 atom stereocenters. The lowest BCUT2D eigenvalue weighted by Crippen LogP contribution is -2.02. The number of nitrogens with one attached hydrogen (secondary N) is 2. The predicted octanol–water partition coefficient (Wildman–Crippen LogP) is 4.55. The fourth-order valence-corrected chi connectivity index (χ4v) is 2.85. The molecule has 0 fully saturated rings. The van der Waals surface area contributed by atoms with Crippen LogP contribution in [0.1, 0.15) is 44.6 Å². The standard InChI is InChI=1S/C19H23N5O.C2H6/c1-5-17(25)16-6-11(2)14(10-22-16)13-7-12-9-23-18(20-3)8-15(12)24-19(13)21-4;1-2/h6-10,17,25H,5H2,1-4H3,(H,20,23)(H,21,24);1-2H3. The first kappa shape index (κ1) is 20.6. The van der Waals surface area contributed by atoms with Gasteiger partial charge >= 0.3 is 0 Å². The highest BCUT2D eigenvalue weighted by molar-refractivity contribution is 5.90. The van der Waals surface area contributed by atoms with Crippen LogP contribution in [0.4, 0.5) is 11.6 Å². The van der Waals surface area contributed by atoms with Gasteiger partial charge in [-0.15, -0.1) is 0 Å². The topological polar surface area (TPSA) is 83.0 Å². The number of fused-ring (bicyclic) bond motifs is 1. The quantitative estimate of drug-likeness (QED) is 0.613. The lowest BCUT2D eigenvalue weighted by molar-refractivity contribution is 0.169. The van der Waals surface area contributed by atoms with Gasteiger partial charge in [0.15, 0.2) is 0 Å². The molecule has 0 saturated carbocycles. The summed E-state index contributed by atoms with van der Waals surface area (Å²) in [7, 11) is 3.69. The number of rotatable bonds is 5. The Morgan fingerprint density at radius 2 is 1.74 bits per heavy atom. The van der Waals surface area contributed by atoms with Gasteiger partial charge in [-0.25, -0.2) is 9.97 Å². The fraction of sp³-hybridized carbons (Fsp3) is 0.381. The summed E-state index contributed by atoms with van der Waals surface area (Å²) in [6.45, 7) is 7.96. The Bertz CT molecular complexity index is 910. The molecule has 0 aliphatic carbocycles. The zero-order valence-corrected chi connectivity index (χ0v) is 17.0. The molecule has 0 spiro atoms. The van der Waals surface area contributed by atoms with E-state index in [2.05, 4.69) is 26.7 Å². The van der Waals surface area contributed by atoms with E-state index in [1.807, 2.05) is 66.3 Å². The molecule has 0 radical (unpaired) electrons. The van der Waals surface area contributed by atoms with E-state index in [0.29, 0.717) is 12.1 Å². The molecule has 3 heterocycles. The van der Waals surface area contributed by atoms with Gasteiger partial charge in [-0.3, -0.25) is 4.98 Å². The third-order valence-corrected chi connectivity index (χ3v) is 4.34. The zero-order valence-electron chi connectivity index (χ0n) is 17.0. The van der Waals surface area contributed by atoms with Gasteiger partial charge in [0.1, 0.15) is 11.6 Å². The van der Waals surface area contributed by atoms with Gasteiger partial charge in [0, 0.05) is 49.1 Å². The highest BCUT2D eigenvalue weighted by Crippen LogP contribution is 2.33. The molecule has 1 unspecified atom stereocenters. The molecule has 0 saturated heterocycles. The van der Waals surface area contributed by atoms with Gasteiger partial charge in [-0.1, -0.05) is 20.8 Å². The van der Waals surface area contributed by atoms with Crippen molar-refractivity contribution >= 4 is 22.5 Å². The van der Waals surface area contributed by atoms with Crippen molar-refractivity contribution in [1.29, 1.82) is 0 Å². The van der Waals surface area contributed by atoms with E-state index in [0.717, 1.165) is 39.2 Å². The van der Waals surface area contributed by atoms with Gasteiger partial charge in [-0.05, 0) is 31.0 Å². The molecular weight excluding hydrogens is 338 g/mol. The molecule has 3 aromatic heterocycles. The number of hydrogen-bond acceptors (Lipinski definition) is 6. The van der Waals surface area contributed by atoms with Crippen molar-refractivity contribution in [2.75, 3.05) is 24.7 Å². The molecule has 6 heteroatoms. The van der Waals surface area contributed by atoms with E-state index in [-0.39, 0.29) is 0 Å². The minimum Gasteiger partial charge on any atom is -0.387 e. The average Bonchev–Trinajstić information content (AvgIpc) is 2.73. The van der Waals surface area contributed by atoms with Crippen molar-refractivity contribution in [1.82, 2.24) is 15.0 Å². The Morgan fingerprint density at radius 3 is 2.33 bits per heavy atom. The number of aliphatic hydroxyl groups excluding tert-OH is 1. The first-order valence-electron chi connectivity index (χ1n) is 9.38. The molecule has 144 valence electrons. The maximum atomic E-state index is 10.0. The van der Waals surface area contributed by atoms with Crippen LogP contribution < -0.4 is 10.6 Å². The average molecular weight is 367 g/mol. The van der Waals surface area contributed by atoms with Crippen molar-refractivity contribution in [2.24, 2.45) is 0 Å². The Kier molecular flexibility index (Phi) is 7.07. The SMILES string of the molecule is CC.CCC(O)c1cc(C)c(-c2cc3cnc(NC)cc3nc2NC)cn1. The van der Waals surface area contributed by atoms with E-state index in [1.54, 1.807) is 0 Å².